The van der Waals surface area contributed by atoms with E-state index >= 15 is 0 Å². The molecule has 0 aliphatic carbocycles. The zero-order valence-corrected chi connectivity index (χ0v) is 14.7. The molecule has 8 nitrogen and oxygen atoms in total. The van der Waals surface area contributed by atoms with E-state index in [-0.39, 0.29) is 35.6 Å². The Morgan fingerprint density at radius 2 is 2.24 bits per heavy atom. The largest absolute Gasteiger partial charge is 0.373 e. The van der Waals surface area contributed by atoms with Crippen molar-refractivity contribution in [2.45, 2.75) is 63.8 Å². The summed E-state index contributed by atoms with van der Waals surface area (Å²) in [5.41, 5.74) is 0.207. The number of amides is 1. The smallest absolute Gasteiger partial charge is 0.269 e. The third kappa shape index (κ3) is 2.95. The third-order valence-corrected chi connectivity index (χ3v) is 4.97. The molecule has 8 heteroatoms. The van der Waals surface area contributed by atoms with Crippen molar-refractivity contribution in [1.29, 1.82) is 0 Å². The fourth-order valence-corrected chi connectivity index (χ4v) is 4.05. The number of aromatic nitrogens is 2. The molecular formula is C17H24N5O3+. The van der Waals surface area contributed by atoms with Gasteiger partial charge in [0.2, 0.25) is 6.20 Å². The van der Waals surface area contributed by atoms with Crippen molar-refractivity contribution in [3.63, 3.8) is 0 Å². The fraction of sp³-hybridized carbons (Fsp3) is 0.647. The summed E-state index contributed by atoms with van der Waals surface area (Å²) in [7, 11) is 0. The maximum absolute atomic E-state index is 12.8. The number of hydrogen-bond donors (Lipinski definition) is 2. The number of H-pyrrole nitrogens is 1. The standard InChI is InChI=1S/C17H23N5O3/c1-17(2,3)19-16(23)14-11-8-10-4-5-12(25-10)15(11)22(20-14)13-9-21(24)7-6-18-13/h6-7,9-12,15H,4-5,8H2,1-3H3,(H-,18,19,23,24)/p+1. The topological polar surface area (TPSA) is 92.7 Å². The van der Waals surface area contributed by atoms with Gasteiger partial charge in [0.05, 0.1) is 28.9 Å². The molecule has 2 N–H and O–H groups in total. The van der Waals surface area contributed by atoms with Crippen LogP contribution in [0.1, 0.15) is 40.0 Å². The van der Waals surface area contributed by atoms with E-state index < -0.39 is 0 Å². The maximum Gasteiger partial charge on any atom is 0.269 e. The van der Waals surface area contributed by atoms with Crippen LogP contribution in [0.5, 0.6) is 0 Å². The predicted octanol–water partition coefficient (Wildman–Crippen LogP) is 0.956. The molecule has 1 aromatic rings. The van der Waals surface area contributed by atoms with Crippen molar-refractivity contribution in [2.24, 2.45) is 11.0 Å². The highest BCUT2D eigenvalue weighted by Crippen LogP contribution is 2.43. The number of hydrogen-bond acceptors (Lipinski definition) is 5. The van der Waals surface area contributed by atoms with Gasteiger partial charge in [-0.15, -0.1) is 0 Å². The Kier molecular flexibility index (Phi) is 3.68. The molecule has 4 heterocycles. The number of aromatic amines is 1. The molecule has 1 aromatic heterocycles. The average molecular weight is 346 g/mol. The van der Waals surface area contributed by atoms with Crippen LogP contribution in [0.25, 0.3) is 0 Å². The van der Waals surface area contributed by atoms with E-state index in [1.54, 1.807) is 11.2 Å². The highest BCUT2D eigenvalue weighted by atomic mass is 16.5. The summed E-state index contributed by atoms with van der Waals surface area (Å²) < 4.78 is 6.80. The van der Waals surface area contributed by atoms with Crippen LogP contribution < -0.4 is 14.8 Å². The Labute approximate surface area is 145 Å². The predicted molar refractivity (Wildman–Crippen MR) is 91.8 cm³/mol. The first kappa shape index (κ1) is 16.3. The first-order valence-electron chi connectivity index (χ1n) is 8.78. The summed E-state index contributed by atoms with van der Waals surface area (Å²) in [5, 5.41) is 9.40. The van der Waals surface area contributed by atoms with Gasteiger partial charge in [-0.1, -0.05) is 0 Å². The minimum atomic E-state index is -0.330. The third-order valence-electron chi connectivity index (χ3n) is 4.97. The first-order valence-corrected chi connectivity index (χ1v) is 8.78. The zero-order chi connectivity index (χ0) is 17.8. The second-order valence-electron chi connectivity index (χ2n) is 8.07. The monoisotopic (exact) mass is 346 g/mol. The number of anilines is 1. The number of nitrogens with one attached hydrogen (secondary N) is 2. The molecule has 0 saturated carbocycles. The molecule has 2 bridgehead atoms. The summed E-state index contributed by atoms with van der Waals surface area (Å²) in [6.45, 7) is 5.86. The summed E-state index contributed by atoms with van der Waals surface area (Å²) in [6, 6.07) is -0.0573. The van der Waals surface area contributed by atoms with Crippen LogP contribution in [-0.2, 0) is 9.53 Å². The van der Waals surface area contributed by atoms with Crippen LogP contribution in [0, 0.1) is 10.8 Å². The highest BCUT2D eigenvalue weighted by molar-refractivity contribution is 6.40. The van der Waals surface area contributed by atoms with Crippen LogP contribution in [-0.4, -0.2) is 40.4 Å². The molecule has 134 valence electrons. The lowest BCUT2D eigenvalue weighted by atomic mass is 9.86. The molecule has 1 amide bonds. The van der Waals surface area contributed by atoms with E-state index in [4.69, 9.17) is 4.74 Å². The summed E-state index contributed by atoms with van der Waals surface area (Å²) >= 11 is 0. The maximum atomic E-state index is 12.8. The summed E-state index contributed by atoms with van der Waals surface area (Å²) in [5.74, 6) is 0.444. The van der Waals surface area contributed by atoms with E-state index in [0.29, 0.717) is 11.5 Å². The Bertz CT molecular complexity index is 781. The van der Waals surface area contributed by atoms with E-state index in [0.717, 1.165) is 23.7 Å². The Hall–Kier alpha value is -2.22. The fourth-order valence-electron chi connectivity index (χ4n) is 4.05. The second-order valence-corrected chi connectivity index (χ2v) is 8.07. The van der Waals surface area contributed by atoms with Gasteiger partial charge in [0, 0.05) is 16.4 Å². The Morgan fingerprint density at radius 1 is 1.44 bits per heavy atom. The second kappa shape index (κ2) is 5.66. The quantitative estimate of drug-likeness (QED) is 0.780. The number of rotatable bonds is 2. The van der Waals surface area contributed by atoms with E-state index in [9.17, 15) is 9.70 Å². The minimum absolute atomic E-state index is 0.0160. The molecular weight excluding hydrogens is 322 g/mol. The van der Waals surface area contributed by atoms with Crippen molar-refractivity contribution in [2.75, 3.05) is 5.01 Å². The lowest BCUT2D eigenvalue weighted by Crippen LogP contribution is -2.51. The number of fused-ring (bicyclic) bond motifs is 4. The number of carbonyl (C=O) groups excluding carboxylic acids is 1. The van der Waals surface area contributed by atoms with Gasteiger partial charge >= 0.3 is 0 Å². The van der Waals surface area contributed by atoms with Crippen LogP contribution in [0.4, 0.5) is 5.82 Å². The van der Waals surface area contributed by atoms with Gasteiger partial charge in [-0.2, -0.15) is 5.10 Å². The molecule has 4 rings (SSSR count). The lowest BCUT2D eigenvalue weighted by molar-refractivity contribution is -0.494. The summed E-state index contributed by atoms with van der Waals surface area (Å²) in [4.78, 5) is 27.5. The molecule has 0 spiro atoms. The van der Waals surface area contributed by atoms with Crippen molar-refractivity contribution in [3.8, 4) is 0 Å². The van der Waals surface area contributed by atoms with Crippen molar-refractivity contribution in [1.82, 2.24) is 10.3 Å². The molecule has 2 fully saturated rings. The molecule has 25 heavy (non-hydrogen) atoms. The van der Waals surface area contributed by atoms with Crippen molar-refractivity contribution < 1.29 is 14.0 Å². The van der Waals surface area contributed by atoms with Gasteiger partial charge in [-0.05, 0) is 40.0 Å². The molecule has 3 aliphatic heterocycles. The number of nitrogens with zero attached hydrogens (tertiary/aromatic N) is 3. The van der Waals surface area contributed by atoms with Gasteiger partial charge in [0.25, 0.3) is 12.1 Å². The molecule has 0 aromatic carbocycles. The average Bonchev–Trinajstić information content (AvgIpc) is 3.08. The highest BCUT2D eigenvalue weighted by Gasteiger charge is 2.53. The normalized spacial score (nSPS) is 30.8. The van der Waals surface area contributed by atoms with Crippen molar-refractivity contribution in [3.05, 3.63) is 23.5 Å². The minimum Gasteiger partial charge on any atom is -0.373 e. The van der Waals surface area contributed by atoms with E-state index in [2.05, 4.69) is 15.4 Å². The molecule has 4 atom stereocenters. The van der Waals surface area contributed by atoms with Crippen molar-refractivity contribution >= 4 is 17.4 Å². The number of carbonyl (C=O) groups is 1. The molecule has 4 unspecified atom stereocenters. The van der Waals surface area contributed by atoms with Gasteiger partial charge in [-0.3, -0.25) is 4.79 Å². The van der Waals surface area contributed by atoms with Gasteiger partial charge in [0.15, 0.2) is 5.82 Å². The van der Waals surface area contributed by atoms with Gasteiger partial charge < -0.3 is 15.0 Å². The lowest BCUT2D eigenvalue weighted by Gasteiger charge is -2.35. The SMILES string of the molecule is CC(C)(C)NC(=O)C1=NN(c2c[n+](=O)cc[nH]2)C2C3CCC(CC12)O3. The van der Waals surface area contributed by atoms with Crippen LogP contribution in [0.2, 0.25) is 0 Å². The van der Waals surface area contributed by atoms with E-state index in [1.165, 1.54) is 12.4 Å². The number of hydrazone groups is 1. The van der Waals surface area contributed by atoms with E-state index in [1.807, 2.05) is 20.8 Å². The summed E-state index contributed by atoms with van der Waals surface area (Å²) in [6.07, 6.45) is 7.38. The molecule has 2 saturated heterocycles. The van der Waals surface area contributed by atoms with Crippen LogP contribution >= 0.6 is 0 Å². The number of ether oxygens (including phenoxy) is 1. The molecule has 3 aliphatic rings. The molecule has 0 radical (unpaired) electrons. The first-order chi connectivity index (χ1) is 11.8. The van der Waals surface area contributed by atoms with Gasteiger partial charge in [-0.25, -0.2) is 5.01 Å². The van der Waals surface area contributed by atoms with Gasteiger partial charge in [0.1, 0.15) is 5.71 Å². The Morgan fingerprint density at radius 3 is 2.96 bits per heavy atom. The van der Waals surface area contributed by atoms with Crippen LogP contribution in [0.3, 0.4) is 0 Å². The Balaban J connectivity index is 1.72. The van der Waals surface area contributed by atoms with Crippen LogP contribution in [0.15, 0.2) is 23.7 Å². The zero-order valence-electron chi connectivity index (χ0n) is 14.7.